The SMILES string of the molecule is CCOC(=O)/C=C/c1ccc(OCCO)cc1. The molecule has 0 atom stereocenters. The van der Waals surface area contributed by atoms with Gasteiger partial charge in [-0.15, -0.1) is 0 Å². The minimum Gasteiger partial charge on any atom is -0.491 e. The maximum Gasteiger partial charge on any atom is 0.330 e. The Labute approximate surface area is 100 Å². The van der Waals surface area contributed by atoms with E-state index < -0.39 is 0 Å². The van der Waals surface area contributed by atoms with Crippen molar-refractivity contribution in [2.75, 3.05) is 19.8 Å². The van der Waals surface area contributed by atoms with E-state index in [4.69, 9.17) is 14.6 Å². The zero-order valence-electron chi connectivity index (χ0n) is 9.76. The number of ether oxygens (including phenoxy) is 2. The fourth-order valence-corrected chi connectivity index (χ4v) is 1.19. The van der Waals surface area contributed by atoms with Gasteiger partial charge in [-0.05, 0) is 30.7 Å². The second-order valence-electron chi connectivity index (χ2n) is 3.23. The summed E-state index contributed by atoms with van der Waals surface area (Å²) in [4.78, 5) is 11.1. The minimum atomic E-state index is -0.354. The van der Waals surface area contributed by atoms with Crippen molar-refractivity contribution < 1.29 is 19.4 Å². The average molecular weight is 236 g/mol. The van der Waals surface area contributed by atoms with Crippen LogP contribution in [-0.4, -0.2) is 30.9 Å². The van der Waals surface area contributed by atoms with Gasteiger partial charge in [-0.25, -0.2) is 4.79 Å². The van der Waals surface area contributed by atoms with Crippen molar-refractivity contribution >= 4 is 12.0 Å². The second kappa shape index (κ2) is 7.46. The van der Waals surface area contributed by atoms with Crippen LogP contribution in [0.25, 0.3) is 6.08 Å². The van der Waals surface area contributed by atoms with E-state index in [0.29, 0.717) is 12.4 Å². The van der Waals surface area contributed by atoms with Crippen molar-refractivity contribution in [3.05, 3.63) is 35.9 Å². The zero-order chi connectivity index (χ0) is 12.5. The molecule has 1 aromatic carbocycles. The van der Waals surface area contributed by atoms with Crippen molar-refractivity contribution in [1.29, 1.82) is 0 Å². The standard InChI is InChI=1S/C13H16O4/c1-2-16-13(15)8-5-11-3-6-12(7-4-11)17-10-9-14/h3-8,14H,2,9-10H2,1H3/b8-5+. The molecule has 92 valence electrons. The monoisotopic (exact) mass is 236 g/mol. The molecule has 0 fully saturated rings. The molecule has 0 unspecified atom stereocenters. The molecular formula is C13H16O4. The van der Waals surface area contributed by atoms with E-state index in [0.717, 1.165) is 5.56 Å². The Morgan fingerprint density at radius 1 is 1.35 bits per heavy atom. The molecule has 1 aromatic rings. The van der Waals surface area contributed by atoms with E-state index in [1.807, 2.05) is 12.1 Å². The van der Waals surface area contributed by atoms with Crippen molar-refractivity contribution in [3.8, 4) is 5.75 Å². The highest BCUT2D eigenvalue weighted by Crippen LogP contribution is 2.13. The van der Waals surface area contributed by atoms with Crippen LogP contribution in [0.4, 0.5) is 0 Å². The number of rotatable bonds is 6. The Morgan fingerprint density at radius 2 is 2.06 bits per heavy atom. The Balaban J connectivity index is 2.53. The minimum absolute atomic E-state index is 0.00941. The highest BCUT2D eigenvalue weighted by Gasteiger charge is 1.95. The Morgan fingerprint density at radius 3 is 2.65 bits per heavy atom. The first-order chi connectivity index (χ1) is 8.26. The summed E-state index contributed by atoms with van der Waals surface area (Å²) in [5.41, 5.74) is 0.884. The van der Waals surface area contributed by atoms with Gasteiger partial charge in [0.05, 0.1) is 13.2 Å². The first kappa shape index (κ1) is 13.3. The topological polar surface area (TPSA) is 55.8 Å². The third-order valence-corrected chi connectivity index (χ3v) is 1.94. The molecule has 0 aliphatic heterocycles. The number of carbonyl (C=O) groups is 1. The smallest absolute Gasteiger partial charge is 0.330 e. The van der Waals surface area contributed by atoms with Gasteiger partial charge in [-0.3, -0.25) is 0 Å². The zero-order valence-corrected chi connectivity index (χ0v) is 9.76. The number of hydrogen-bond donors (Lipinski definition) is 1. The molecule has 1 rings (SSSR count). The predicted molar refractivity (Wildman–Crippen MR) is 64.7 cm³/mol. The summed E-state index contributed by atoms with van der Waals surface area (Å²) < 4.78 is 9.97. The molecule has 0 radical (unpaired) electrons. The van der Waals surface area contributed by atoms with E-state index in [1.165, 1.54) is 6.08 Å². The lowest BCUT2D eigenvalue weighted by Gasteiger charge is -2.03. The van der Waals surface area contributed by atoms with Gasteiger partial charge < -0.3 is 14.6 Å². The molecule has 0 saturated heterocycles. The molecule has 0 aliphatic carbocycles. The van der Waals surface area contributed by atoms with Gasteiger partial charge in [0.15, 0.2) is 0 Å². The maximum absolute atomic E-state index is 11.1. The van der Waals surface area contributed by atoms with Crippen LogP contribution >= 0.6 is 0 Å². The third-order valence-electron chi connectivity index (χ3n) is 1.94. The normalized spacial score (nSPS) is 10.5. The van der Waals surface area contributed by atoms with E-state index in [9.17, 15) is 4.79 Å². The fourth-order valence-electron chi connectivity index (χ4n) is 1.19. The van der Waals surface area contributed by atoms with Gasteiger partial charge in [-0.2, -0.15) is 0 Å². The molecule has 0 aliphatic rings. The Hall–Kier alpha value is -1.81. The van der Waals surface area contributed by atoms with Crippen LogP contribution in [0.2, 0.25) is 0 Å². The number of aliphatic hydroxyl groups excluding tert-OH is 1. The summed E-state index contributed by atoms with van der Waals surface area (Å²) >= 11 is 0. The summed E-state index contributed by atoms with van der Waals surface area (Å²) in [7, 11) is 0. The number of carbonyl (C=O) groups excluding carboxylic acids is 1. The number of hydrogen-bond acceptors (Lipinski definition) is 4. The number of benzene rings is 1. The Kier molecular flexibility index (Phi) is 5.82. The van der Waals surface area contributed by atoms with Crippen LogP contribution in [0.1, 0.15) is 12.5 Å². The van der Waals surface area contributed by atoms with Gasteiger partial charge >= 0.3 is 5.97 Å². The van der Waals surface area contributed by atoms with Crippen LogP contribution in [-0.2, 0) is 9.53 Å². The van der Waals surface area contributed by atoms with Crippen molar-refractivity contribution in [1.82, 2.24) is 0 Å². The van der Waals surface area contributed by atoms with Crippen molar-refractivity contribution in [2.45, 2.75) is 6.92 Å². The van der Waals surface area contributed by atoms with Crippen molar-refractivity contribution in [2.24, 2.45) is 0 Å². The van der Waals surface area contributed by atoms with Crippen LogP contribution in [0.5, 0.6) is 5.75 Å². The molecule has 0 spiro atoms. The lowest BCUT2D eigenvalue weighted by atomic mass is 10.2. The first-order valence-corrected chi connectivity index (χ1v) is 5.45. The average Bonchev–Trinajstić information content (AvgIpc) is 2.35. The molecule has 0 heterocycles. The van der Waals surface area contributed by atoms with E-state index in [1.54, 1.807) is 25.1 Å². The summed E-state index contributed by atoms with van der Waals surface area (Å²) in [6, 6.07) is 7.20. The summed E-state index contributed by atoms with van der Waals surface area (Å²) in [5.74, 6) is 0.334. The molecule has 0 saturated carbocycles. The summed E-state index contributed by atoms with van der Waals surface area (Å²) in [6.45, 7) is 2.40. The molecule has 4 nitrogen and oxygen atoms in total. The molecule has 0 amide bonds. The molecule has 1 N–H and O–H groups in total. The predicted octanol–water partition coefficient (Wildman–Crippen LogP) is 1.63. The highest BCUT2D eigenvalue weighted by molar-refractivity contribution is 5.87. The fraction of sp³-hybridized carbons (Fsp3) is 0.308. The molecule has 0 aromatic heterocycles. The van der Waals surface area contributed by atoms with E-state index in [-0.39, 0.29) is 19.2 Å². The number of esters is 1. The van der Waals surface area contributed by atoms with Gasteiger partial charge in [0, 0.05) is 6.08 Å². The second-order valence-corrected chi connectivity index (χ2v) is 3.23. The highest BCUT2D eigenvalue weighted by atomic mass is 16.5. The molecule has 0 bridgehead atoms. The number of aliphatic hydroxyl groups is 1. The first-order valence-electron chi connectivity index (χ1n) is 5.45. The Bertz CT molecular complexity index is 368. The maximum atomic E-state index is 11.1. The quantitative estimate of drug-likeness (QED) is 0.602. The van der Waals surface area contributed by atoms with Crippen LogP contribution in [0.15, 0.2) is 30.3 Å². The summed E-state index contributed by atoms with van der Waals surface area (Å²) in [5, 5.41) is 8.59. The lowest BCUT2D eigenvalue weighted by molar-refractivity contribution is -0.137. The van der Waals surface area contributed by atoms with Crippen LogP contribution in [0, 0.1) is 0 Å². The van der Waals surface area contributed by atoms with Crippen molar-refractivity contribution in [3.63, 3.8) is 0 Å². The largest absolute Gasteiger partial charge is 0.491 e. The van der Waals surface area contributed by atoms with Crippen LogP contribution in [0.3, 0.4) is 0 Å². The van der Waals surface area contributed by atoms with E-state index >= 15 is 0 Å². The van der Waals surface area contributed by atoms with E-state index in [2.05, 4.69) is 0 Å². The lowest BCUT2D eigenvalue weighted by Crippen LogP contribution is -2.01. The van der Waals surface area contributed by atoms with Gasteiger partial charge in [-0.1, -0.05) is 12.1 Å². The van der Waals surface area contributed by atoms with Gasteiger partial charge in [0.25, 0.3) is 0 Å². The molecular weight excluding hydrogens is 220 g/mol. The third kappa shape index (κ3) is 5.17. The van der Waals surface area contributed by atoms with Gasteiger partial charge in [0.1, 0.15) is 12.4 Å². The molecule has 17 heavy (non-hydrogen) atoms. The van der Waals surface area contributed by atoms with Crippen LogP contribution < -0.4 is 4.74 Å². The van der Waals surface area contributed by atoms with Gasteiger partial charge in [0.2, 0.25) is 0 Å². The summed E-state index contributed by atoms with van der Waals surface area (Å²) in [6.07, 6.45) is 3.06. The molecule has 4 heteroatoms.